The second kappa shape index (κ2) is 6.70. The molecular formula is C17H28O2Si. The summed E-state index contributed by atoms with van der Waals surface area (Å²) in [5.74, 6) is 0. The van der Waals surface area contributed by atoms with Gasteiger partial charge in [0.05, 0.1) is 0 Å². The fraction of sp³-hybridized carbons (Fsp3) is 0.529. The van der Waals surface area contributed by atoms with Gasteiger partial charge in [-0.25, -0.2) is 0 Å². The zero-order chi connectivity index (χ0) is 15.4. The molecule has 0 radical (unpaired) electrons. The molecule has 0 aromatic heterocycles. The summed E-state index contributed by atoms with van der Waals surface area (Å²) in [5, 5.41) is 0.166. The molecule has 0 aliphatic rings. The Morgan fingerprint density at radius 3 is 2.10 bits per heavy atom. The summed E-state index contributed by atoms with van der Waals surface area (Å²) in [6.07, 6.45) is 1.59. The molecule has 2 nitrogen and oxygen atoms in total. The molecule has 0 N–H and O–H groups in total. The van der Waals surface area contributed by atoms with Gasteiger partial charge in [0.25, 0.3) is 0 Å². The van der Waals surface area contributed by atoms with Crippen LogP contribution >= 0.6 is 0 Å². The highest BCUT2D eigenvalue weighted by atomic mass is 28.4. The van der Waals surface area contributed by atoms with E-state index in [2.05, 4.69) is 52.6 Å². The van der Waals surface area contributed by atoms with E-state index >= 15 is 0 Å². The van der Waals surface area contributed by atoms with E-state index in [0.717, 1.165) is 5.56 Å². The van der Waals surface area contributed by atoms with Crippen LogP contribution in [-0.2, 0) is 9.16 Å². The Bertz CT molecular complexity index is 420. The first-order valence-corrected chi connectivity index (χ1v) is 10.0. The molecule has 0 unspecified atom stereocenters. The molecule has 0 aliphatic carbocycles. The van der Waals surface area contributed by atoms with E-state index in [-0.39, 0.29) is 17.2 Å². The molecule has 0 fully saturated rings. The van der Waals surface area contributed by atoms with Gasteiger partial charge in [-0.3, -0.25) is 0 Å². The lowest BCUT2D eigenvalue weighted by atomic mass is 10.0. The van der Waals surface area contributed by atoms with Crippen LogP contribution < -0.4 is 0 Å². The second-order valence-electron chi connectivity index (χ2n) is 6.65. The van der Waals surface area contributed by atoms with E-state index < -0.39 is 8.32 Å². The van der Waals surface area contributed by atoms with Gasteiger partial charge in [0, 0.05) is 7.11 Å². The minimum Gasteiger partial charge on any atom is -0.407 e. The van der Waals surface area contributed by atoms with Gasteiger partial charge >= 0.3 is 0 Å². The normalized spacial score (nSPS) is 15.7. The second-order valence-corrected chi connectivity index (χ2v) is 11.4. The fourth-order valence-corrected chi connectivity index (χ4v) is 3.06. The number of methoxy groups -OCH3 is 1. The Morgan fingerprint density at radius 2 is 1.70 bits per heavy atom. The zero-order valence-electron chi connectivity index (χ0n) is 13.6. The molecule has 0 amide bonds. The van der Waals surface area contributed by atoms with Gasteiger partial charge < -0.3 is 9.16 Å². The highest BCUT2D eigenvalue weighted by Gasteiger charge is 2.40. The van der Waals surface area contributed by atoms with E-state index in [0.29, 0.717) is 0 Å². The van der Waals surface area contributed by atoms with Crippen molar-refractivity contribution in [2.45, 2.75) is 51.1 Å². The molecule has 0 saturated carbocycles. The number of benzene rings is 1. The standard InChI is InChI=1S/C17H28O2Si/c1-8-15(18-5)16(14-12-10-9-11-13-14)19-20(6,7)17(2,3)4/h8-13,15-16H,1H2,2-7H3/t15-,16+/m0/s1. The van der Waals surface area contributed by atoms with Crippen LogP contribution in [0, 0.1) is 0 Å². The molecule has 20 heavy (non-hydrogen) atoms. The first kappa shape index (κ1) is 17.1. The third-order valence-corrected chi connectivity index (χ3v) is 8.61. The Morgan fingerprint density at radius 1 is 1.15 bits per heavy atom. The maximum absolute atomic E-state index is 6.58. The minimum atomic E-state index is -1.87. The number of ether oxygens (including phenoxy) is 1. The zero-order valence-corrected chi connectivity index (χ0v) is 14.6. The summed E-state index contributed by atoms with van der Waals surface area (Å²) in [4.78, 5) is 0. The van der Waals surface area contributed by atoms with Crippen LogP contribution in [0.3, 0.4) is 0 Å². The highest BCUT2D eigenvalue weighted by molar-refractivity contribution is 6.74. The summed E-state index contributed by atoms with van der Waals surface area (Å²) in [6, 6.07) is 10.3. The molecule has 2 atom stereocenters. The molecule has 0 aliphatic heterocycles. The van der Waals surface area contributed by atoms with E-state index in [1.165, 1.54) is 0 Å². The van der Waals surface area contributed by atoms with Gasteiger partial charge in [0.2, 0.25) is 0 Å². The van der Waals surface area contributed by atoms with Crippen LogP contribution in [0.25, 0.3) is 0 Å². The molecule has 1 aromatic carbocycles. The van der Waals surface area contributed by atoms with Crippen molar-refractivity contribution >= 4 is 8.32 Å². The molecule has 1 rings (SSSR count). The van der Waals surface area contributed by atoms with E-state index in [1.54, 1.807) is 7.11 Å². The smallest absolute Gasteiger partial charge is 0.193 e. The third-order valence-electron chi connectivity index (χ3n) is 4.16. The molecule has 1 aromatic rings. The van der Waals surface area contributed by atoms with Crippen molar-refractivity contribution < 1.29 is 9.16 Å². The number of hydrogen-bond donors (Lipinski definition) is 0. The molecule has 3 heteroatoms. The molecule has 112 valence electrons. The first-order valence-electron chi connectivity index (χ1n) is 7.11. The summed E-state index contributed by atoms with van der Waals surface area (Å²) >= 11 is 0. The van der Waals surface area contributed by atoms with Gasteiger partial charge in [-0.1, -0.05) is 57.2 Å². The van der Waals surface area contributed by atoms with Crippen molar-refractivity contribution in [1.82, 2.24) is 0 Å². The topological polar surface area (TPSA) is 18.5 Å². The predicted octanol–water partition coefficient (Wildman–Crippen LogP) is 4.95. The summed E-state index contributed by atoms with van der Waals surface area (Å²) in [7, 11) is -0.168. The molecule has 0 spiro atoms. The minimum absolute atomic E-state index is 0.0976. The average Bonchev–Trinajstić information content (AvgIpc) is 2.38. The van der Waals surface area contributed by atoms with Crippen molar-refractivity contribution in [2.75, 3.05) is 7.11 Å². The Balaban J connectivity index is 3.10. The van der Waals surface area contributed by atoms with E-state index in [4.69, 9.17) is 9.16 Å². The largest absolute Gasteiger partial charge is 0.407 e. The molecule has 0 saturated heterocycles. The quantitative estimate of drug-likeness (QED) is 0.545. The van der Waals surface area contributed by atoms with Gasteiger partial charge in [0.1, 0.15) is 12.2 Å². The highest BCUT2D eigenvalue weighted by Crippen LogP contribution is 2.40. The summed E-state index contributed by atoms with van der Waals surface area (Å²) in [6.45, 7) is 15.1. The van der Waals surface area contributed by atoms with E-state index in [1.807, 2.05) is 24.3 Å². The van der Waals surface area contributed by atoms with Gasteiger partial charge in [-0.2, -0.15) is 0 Å². The van der Waals surface area contributed by atoms with Gasteiger partial charge in [-0.05, 0) is 23.7 Å². The maximum Gasteiger partial charge on any atom is 0.193 e. The lowest BCUT2D eigenvalue weighted by Gasteiger charge is -2.40. The van der Waals surface area contributed by atoms with Crippen molar-refractivity contribution in [1.29, 1.82) is 0 Å². The van der Waals surface area contributed by atoms with Crippen LogP contribution in [0.5, 0.6) is 0 Å². The van der Waals surface area contributed by atoms with Crippen molar-refractivity contribution in [3.63, 3.8) is 0 Å². The molecular weight excluding hydrogens is 264 g/mol. The number of hydrogen-bond acceptors (Lipinski definition) is 2. The van der Waals surface area contributed by atoms with Crippen LogP contribution in [-0.4, -0.2) is 21.5 Å². The third kappa shape index (κ3) is 4.04. The van der Waals surface area contributed by atoms with Crippen molar-refractivity contribution in [3.05, 3.63) is 48.6 Å². The lowest BCUT2D eigenvalue weighted by Crippen LogP contribution is -2.44. The predicted molar refractivity (Wildman–Crippen MR) is 88.5 cm³/mol. The summed E-state index contributed by atoms with van der Waals surface area (Å²) < 4.78 is 12.1. The van der Waals surface area contributed by atoms with Crippen LogP contribution in [0.2, 0.25) is 18.1 Å². The molecule has 0 bridgehead atoms. The Labute approximate surface area is 124 Å². The van der Waals surface area contributed by atoms with Crippen molar-refractivity contribution in [2.24, 2.45) is 0 Å². The fourth-order valence-electron chi connectivity index (χ4n) is 1.81. The van der Waals surface area contributed by atoms with Crippen molar-refractivity contribution in [3.8, 4) is 0 Å². The van der Waals surface area contributed by atoms with E-state index in [9.17, 15) is 0 Å². The average molecular weight is 292 g/mol. The van der Waals surface area contributed by atoms with Crippen LogP contribution in [0.4, 0.5) is 0 Å². The van der Waals surface area contributed by atoms with Gasteiger partial charge in [-0.15, -0.1) is 6.58 Å². The Hall–Kier alpha value is -0.903. The number of rotatable bonds is 6. The van der Waals surface area contributed by atoms with Gasteiger partial charge in [0.15, 0.2) is 8.32 Å². The van der Waals surface area contributed by atoms with Crippen LogP contribution in [0.1, 0.15) is 32.4 Å². The van der Waals surface area contributed by atoms with Crippen LogP contribution in [0.15, 0.2) is 43.0 Å². The Kier molecular flexibility index (Phi) is 5.75. The first-order chi connectivity index (χ1) is 9.23. The monoisotopic (exact) mass is 292 g/mol. The lowest BCUT2D eigenvalue weighted by molar-refractivity contribution is 0.0233. The summed E-state index contributed by atoms with van der Waals surface area (Å²) in [5.41, 5.74) is 1.14. The maximum atomic E-state index is 6.58. The molecule has 0 heterocycles. The SMILES string of the molecule is C=C[C@H](OC)[C@H](O[Si](C)(C)C(C)(C)C)c1ccccc1.